The number of rotatable bonds is 1. The Morgan fingerprint density at radius 3 is 2.53 bits per heavy atom. The molecule has 0 saturated heterocycles. The van der Waals surface area contributed by atoms with Crippen LogP contribution in [0.3, 0.4) is 0 Å². The van der Waals surface area contributed by atoms with Crippen molar-refractivity contribution >= 4 is 29.3 Å². The van der Waals surface area contributed by atoms with Crippen LogP contribution < -0.4 is 10.2 Å². The number of fused-ring (bicyclic) bond motifs is 1. The van der Waals surface area contributed by atoms with E-state index in [-0.39, 0.29) is 15.9 Å². The summed E-state index contributed by atoms with van der Waals surface area (Å²) in [5, 5.41) is 17.8. The number of carbonyl (C=O) groups excluding carboxylic acids is 1. The number of carbonyl (C=O) groups is 1. The Hall–Kier alpha value is -1.06. The van der Waals surface area contributed by atoms with Crippen molar-refractivity contribution in [1.82, 2.24) is 4.72 Å². The van der Waals surface area contributed by atoms with E-state index in [2.05, 4.69) is 0 Å². The molecule has 1 aromatic carbocycles. The minimum absolute atomic E-state index is 0.0561. The maximum Gasteiger partial charge on any atom is 0.488 e. The third kappa shape index (κ3) is 1.62. The van der Waals surface area contributed by atoms with Gasteiger partial charge in [-0.15, -0.1) is 0 Å². The molecule has 0 radical (unpaired) electrons. The Balaban J connectivity index is 2.56. The second kappa shape index (κ2) is 3.22. The molecule has 6 nitrogen and oxygen atoms in total. The zero-order chi connectivity index (χ0) is 11.2. The van der Waals surface area contributed by atoms with Crippen LogP contribution >= 0.6 is 10.8 Å². The number of hydrogen-bond donors (Lipinski definition) is 5. The number of benzene rings is 1. The Morgan fingerprint density at radius 2 is 1.93 bits per heavy atom. The lowest BCUT2D eigenvalue weighted by Crippen LogP contribution is -2.30. The van der Waals surface area contributed by atoms with Crippen LogP contribution in [0.1, 0.15) is 10.4 Å². The predicted octanol–water partition coefficient (Wildman–Crippen LogP) is -0.866. The summed E-state index contributed by atoms with van der Waals surface area (Å²) in [5.74, 6) is -0.632. The summed E-state index contributed by atoms with van der Waals surface area (Å²) in [6.45, 7) is 0. The first kappa shape index (κ1) is 10.5. The maximum atomic E-state index is 11.3. The van der Waals surface area contributed by atoms with E-state index in [1.54, 1.807) is 0 Å². The molecular weight excluding hydrogens is 221 g/mol. The molecule has 0 bridgehead atoms. The fourth-order valence-corrected chi connectivity index (χ4v) is 2.57. The molecule has 1 aliphatic heterocycles. The highest BCUT2D eigenvalue weighted by atomic mass is 32.3. The summed E-state index contributed by atoms with van der Waals surface area (Å²) in [6.07, 6.45) is 0. The van der Waals surface area contributed by atoms with Crippen molar-refractivity contribution in [2.75, 3.05) is 0 Å². The van der Waals surface area contributed by atoms with Gasteiger partial charge in [0.2, 0.25) is 0 Å². The smallest absolute Gasteiger partial charge is 0.423 e. The SMILES string of the molecule is O=C1NS(O)(O)c2ccc(B(O)O)cc21. The fourth-order valence-electron chi connectivity index (χ4n) is 1.37. The van der Waals surface area contributed by atoms with E-state index in [1.165, 1.54) is 18.2 Å². The largest absolute Gasteiger partial charge is 0.488 e. The molecule has 1 aliphatic rings. The molecule has 0 aromatic heterocycles. The normalized spacial score (nSPS) is 19.3. The standard InChI is InChI=1S/C7H8BNO5S/c10-7-5-3-4(8(11)12)1-2-6(5)15(13,14)9-7/h1-3,11-14H,(H,9,10). The third-order valence-electron chi connectivity index (χ3n) is 2.09. The zero-order valence-corrected chi connectivity index (χ0v) is 8.23. The minimum Gasteiger partial charge on any atom is -0.423 e. The molecule has 0 saturated carbocycles. The van der Waals surface area contributed by atoms with E-state index in [0.717, 1.165) is 0 Å². The van der Waals surface area contributed by atoms with Gasteiger partial charge in [-0.2, -0.15) is 0 Å². The highest BCUT2D eigenvalue weighted by Gasteiger charge is 2.33. The Morgan fingerprint density at radius 1 is 1.27 bits per heavy atom. The first-order valence-electron chi connectivity index (χ1n) is 4.02. The first-order chi connectivity index (χ1) is 6.92. The van der Waals surface area contributed by atoms with Crippen LogP contribution in [-0.4, -0.2) is 32.2 Å². The van der Waals surface area contributed by atoms with Gasteiger partial charge in [-0.25, -0.2) is 4.72 Å². The Labute approximate surface area is 87.2 Å². The third-order valence-corrected chi connectivity index (χ3v) is 3.53. The fraction of sp³-hybridized carbons (Fsp3) is 0. The van der Waals surface area contributed by atoms with Crippen molar-refractivity contribution in [3.8, 4) is 0 Å². The maximum absolute atomic E-state index is 11.3. The van der Waals surface area contributed by atoms with Crippen molar-refractivity contribution in [2.45, 2.75) is 4.90 Å². The van der Waals surface area contributed by atoms with Gasteiger partial charge in [0.15, 0.2) is 0 Å². The Bertz CT molecular complexity index is 435. The van der Waals surface area contributed by atoms with Crippen LogP contribution in [0.4, 0.5) is 0 Å². The summed E-state index contributed by atoms with van der Waals surface area (Å²) in [7, 11) is -4.95. The molecule has 1 heterocycles. The molecule has 8 heteroatoms. The van der Waals surface area contributed by atoms with Gasteiger partial charge in [-0.05, 0) is 17.6 Å². The van der Waals surface area contributed by atoms with Crippen molar-refractivity contribution in [1.29, 1.82) is 0 Å². The lowest BCUT2D eigenvalue weighted by Gasteiger charge is -2.26. The van der Waals surface area contributed by atoms with E-state index >= 15 is 0 Å². The second-order valence-corrected chi connectivity index (χ2v) is 4.85. The molecule has 0 spiro atoms. The zero-order valence-electron chi connectivity index (χ0n) is 7.41. The molecule has 0 aliphatic carbocycles. The van der Waals surface area contributed by atoms with Gasteiger partial charge in [0.25, 0.3) is 5.91 Å². The van der Waals surface area contributed by atoms with E-state index in [0.29, 0.717) is 0 Å². The minimum atomic E-state index is -3.26. The molecule has 5 N–H and O–H groups in total. The van der Waals surface area contributed by atoms with Crippen molar-refractivity contribution < 1.29 is 23.9 Å². The number of hydrogen-bond acceptors (Lipinski definition) is 5. The van der Waals surface area contributed by atoms with E-state index in [1.807, 2.05) is 4.72 Å². The van der Waals surface area contributed by atoms with Crippen LogP contribution in [0.15, 0.2) is 23.1 Å². The van der Waals surface area contributed by atoms with Crippen LogP contribution in [0, 0.1) is 0 Å². The summed E-state index contributed by atoms with van der Waals surface area (Å²) in [6, 6.07) is 3.83. The van der Waals surface area contributed by atoms with Gasteiger partial charge in [0.1, 0.15) is 0 Å². The number of nitrogens with one attached hydrogen (secondary N) is 1. The van der Waals surface area contributed by atoms with E-state index in [9.17, 15) is 13.9 Å². The van der Waals surface area contributed by atoms with Crippen LogP contribution in [-0.2, 0) is 0 Å². The highest BCUT2D eigenvalue weighted by molar-refractivity contribution is 8.23. The Kier molecular flexibility index (Phi) is 2.25. The van der Waals surface area contributed by atoms with Crippen LogP contribution in [0.5, 0.6) is 0 Å². The van der Waals surface area contributed by atoms with Crippen molar-refractivity contribution in [3.05, 3.63) is 23.8 Å². The van der Waals surface area contributed by atoms with E-state index < -0.39 is 23.8 Å². The first-order valence-corrected chi connectivity index (χ1v) is 5.57. The summed E-state index contributed by atoms with van der Waals surface area (Å²) in [5.41, 5.74) is 0.182. The quantitative estimate of drug-likeness (QED) is 0.402. The summed E-state index contributed by atoms with van der Waals surface area (Å²) in [4.78, 5) is 11.4. The molecule has 1 aromatic rings. The molecule has 1 amide bonds. The average molecular weight is 229 g/mol. The number of amides is 1. The molecule has 15 heavy (non-hydrogen) atoms. The molecule has 0 atom stereocenters. The molecular formula is C7H8BNO5S. The second-order valence-electron chi connectivity index (χ2n) is 3.11. The van der Waals surface area contributed by atoms with Crippen molar-refractivity contribution in [3.63, 3.8) is 0 Å². The van der Waals surface area contributed by atoms with Gasteiger partial charge in [-0.3, -0.25) is 13.9 Å². The van der Waals surface area contributed by atoms with E-state index in [4.69, 9.17) is 10.0 Å². The van der Waals surface area contributed by atoms with Gasteiger partial charge < -0.3 is 10.0 Å². The molecule has 0 fully saturated rings. The summed E-state index contributed by atoms with van der Waals surface area (Å²) < 4.78 is 20.9. The predicted molar refractivity (Wildman–Crippen MR) is 54.8 cm³/mol. The van der Waals surface area contributed by atoms with Gasteiger partial charge in [0.05, 0.1) is 10.5 Å². The van der Waals surface area contributed by atoms with Gasteiger partial charge in [0, 0.05) is 0 Å². The highest BCUT2D eigenvalue weighted by Crippen LogP contribution is 2.50. The van der Waals surface area contributed by atoms with Gasteiger partial charge in [-0.1, -0.05) is 16.8 Å². The van der Waals surface area contributed by atoms with Crippen molar-refractivity contribution in [2.24, 2.45) is 0 Å². The molecule has 80 valence electrons. The van der Waals surface area contributed by atoms with Crippen LogP contribution in [0.25, 0.3) is 0 Å². The summed E-state index contributed by atoms with van der Waals surface area (Å²) >= 11 is 0. The average Bonchev–Trinajstić information content (AvgIpc) is 2.37. The lowest BCUT2D eigenvalue weighted by atomic mass is 9.79. The molecule has 0 unspecified atom stereocenters. The monoisotopic (exact) mass is 229 g/mol. The van der Waals surface area contributed by atoms with Gasteiger partial charge >= 0.3 is 7.12 Å². The topological polar surface area (TPSA) is 110 Å². The molecule has 2 rings (SSSR count). The lowest BCUT2D eigenvalue weighted by molar-refractivity contribution is 0.0983. The van der Waals surface area contributed by atoms with Crippen LogP contribution in [0.2, 0.25) is 0 Å².